The topological polar surface area (TPSA) is 142 Å². The molecule has 2 aromatic carbocycles. The highest BCUT2D eigenvalue weighted by Gasteiger charge is 2.26. The Bertz CT molecular complexity index is 1760. The number of para-hydroxylation sites is 2. The van der Waals surface area contributed by atoms with E-state index < -0.39 is 37.8 Å². The third kappa shape index (κ3) is 4.80. The first-order chi connectivity index (χ1) is 18.7. The monoisotopic (exact) mass is 547 g/mol. The highest BCUT2D eigenvalue weighted by molar-refractivity contribution is 7.92. The number of sulfonamides is 1. The maximum absolute atomic E-state index is 15.5. The highest BCUT2D eigenvalue weighted by atomic mass is 32.2. The zero-order valence-electron chi connectivity index (χ0n) is 20.5. The minimum Gasteiger partial charge on any atom is -0.480 e. The minimum absolute atomic E-state index is 0.0519. The number of aromatic nitrogens is 3. The zero-order chi connectivity index (χ0) is 27.7. The lowest BCUT2D eigenvalue weighted by molar-refractivity contribution is 0.385. The van der Waals surface area contributed by atoms with E-state index in [1.807, 2.05) is 31.2 Å². The summed E-state index contributed by atoms with van der Waals surface area (Å²) in [6, 6.07) is 12.3. The van der Waals surface area contributed by atoms with E-state index in [9.17, 15) is 12.8 Å². The fourth-order valence-corrected chi connectivity index (χ4v) is 5.08. The van der Waals surface area contributed by atoms with Gasteiger partial charge in [-0.3, -0.25) is 14.7 Å². The lowest BCUT2D eigenvalue weighted by atomic mass is 10.1. The first kappa shape index (κ1) is 25.6. The number of ether oxygens (including phenoxy) is 1. The molecule has 0 atom stereocenters. The van der Waals surface area contributed by atoms with E-state index in [4.69, 9.17) is 10.00 Å². The first-order valence-electron chi connectivity index (χ1n) is 11.3. The molecule has 0 fully saturated rings. The lowest BCUT2D eigenvalue weighted by Gasteiger charge is -2.14. The normalized spacial score (nSPS) is 12.1. The van der Waals surface area contributed by atoms with Gasteiger partial charge in [-0.25, -0.2) is 22.2 Å². The Morgan fingerprint density at radius 1 is 1.03 bits per heavy atom. The molecule has 0 bridgehead atoms. The van der Waals surface area contributed by atoms with Gasteiger partial charge in [0.1, 0.15) is 17.7 Å². The van der Waals surface area contributed by atoms with Crippen LogP contribution in [0, 0.1) is 23.0 Å². The molecule has 0 saturated carbocycles. The molecule has 13 heteroatoms. The molecule has 196 valence electrons. The van der Waals surface area contributed by atoms with Crippen LogP contribution in [-0.2, 0) is 10.0 Å². The van der Waals surface area contributed by atoms with Crippen LogP contribution in [-0.4, -0.2) is 30.5 Å². The molecule has 5 rings (SSSR count). The van der Waals surface area contributed by atoms with E-state index in [1.165, 1.54) is 19.5 Å². The molecule has 0 radical (unpaired) electrons. The van der Waals surface area contributed by atoms with Gasteiger partial charge in [0.2, 0.25) is 5.88 Å². The summed E-state index contributed by atoms with van der Waals surface area (Å²) in [5.41, 5.74) is 1.65. The summed E-state index contributed by atoms with van der Waals surface area (Å²) in [6.45, 7) is 1.81. The summed E-state index contributed by atoms with van der Waals surface area (Å²) in [7, 11) is -3.28. The number of benzene rings is 2. The maximum atomic E-state index is 15.5. The number of allylic oxidation sites excluding steroid dienone is 1. The number of hydrogen-bond acceptors (Lipinski definition) is 9. The molecule has 0 unspecified atom stereocenters. The fraction of sp³-hybridized carbons (Fsp3) is 0.0769. The fourth-order valence-electron chi connectivity index (χ4n) is 3.87. The Balaban J connectivity index is 1.46. The Morgan fingerprint density at radius 3 is 2.36 bits per heavy atom. The molecule has 2 aromatic heterocycles. The van der Waals surface area contributed by atoms with Gasteiger partial charge in [0.05, 0.1) is 59.1 Å². The van der Waals surface area contributed by atoms with E-state index in [0.717, 1.165) is 41.3 Å². The van der Waals surface area contributed by atoms with Crippen LogP contribution in [0.1, 0.15) is 18.2 Å². The maximum Gasteiger partial charge on any atom is 0.267 e. The molecule has 3 N–H and O–H groups in total. The molecule has 1 aliphatic heterocycles. The molecule has 0 aliphatic carbocycles. The van der Waals surface area contributed by atoms with Gasteiger partial charge in [0, 0.05) is 11.8 Å². The van der Waals surface area contributed by atoms with E-state index in [-0.39, 0.29) is 17.1 Å². The summed E-state index contributed by atoms with van der Waals surface area (Å²) >= 11 is 0. The van der Waals surface area contributed by atoms with Crippen molar-refractivity contribution >= 4 is 32.7 Å². The van der Waals surface area contributed by atoms with E-state index in [1.54, 1.807) is 6.07 Å². The third-order valence-corrected chi connectivity index (χ3v) is 7.24. The second kappa shape index (κ2) is 9.99. The average Bonchev–Trinajstić information content (AvgIpc) is 3.39. The van der Waals surface area contributed by atoms with Gasteiger partial charge in [-0.1, -0.05) is 12.1 Å². The van der Waals surface area contributed by atoms with Crippen molar-refractivity contribution in [2.24, 2.45) is 0 Å². The van der Waals surface area contributed by atoms with Crippen LogP contribution in [0.4, 0.5) is 25.8 Å². The van der Waals surface area contributed by atoms with Crippen LogP contribution in [0.2, 0.25) is 0 Å². The summed E-state index contributed by atoms with van der Waals surface area (Å²) in [6.07, 6.45) is 3.69. The average molecular weight is 548 g/mol. The van der Waals surface area contributed by atoms with Crippen molar-refractivity contribution in [1.82, 2.24) is 15.0 Å². The molecule has 0 spiro atoms. The number of fused-ring (bicyclic) bond motifs is 1. The predicted molar refractivity (Wildman–Crippen MR) is 140 cm³/mol. The van der Waals surface area contributed by atoms with Gasteiger partial charge >= 0.3 is 0 Å². The van der Waals surface area contributed by atoms with Crippen LogP contribution in [0.5, 0.6) is 5.88 Å². The van der Waals surface area contributed by atoms with E-state index in [0.29, 0.717) is 11.5 Å². The van der Waals surface area contributed by atoms with Crippen molar-refractivity contribution in [3.63, 3.8) is 0 Å². The van der Waals surface area contributed by atoms with Gasteiger partial charge in [0.15, 0.2) is 10.7 Å². The Morgan fingerprint density at radius 2 is 1.74 bits per heavy atom. The molecule has 0 saturated heterocycles. The van der Waals surface area contributed by atoms with Crippen LogP contribution < -0.4 is 20.1 Å². The van der Waals surface area contributed by atoms with Crippen molar-refractivity contribution in [1.29, 1.82) is 5.26 Å². The number of rotatable bonds is 6. The van der Waals surface area contributed by atoms with Crippen molar-refractivity contribution in [2.75, 3.05) is 22.5 Å². The second-order valence-corrected chi connectivity index (χ2v) is 9.97. The van der Waals surface area contributed by atoms with Crippen LogP contribution >= 0.6 is 0 Å². The summed E-state index contributed by atoms with van der Waals surface area (Å²) in [4.78, 5) is 11.8. The summed E-state index contributed by atoms with van der Waals surface area (Å²) in [5, 5.41) is 15.6. The molecule has 10 nitrogen and oxygen atoms in total. The number of anilines is 3. The van der Waals surface area contributed by atoms with Gasteiger partial charge in [0.25, 0.3) is 10.0 Å². The van der Waals surface area contributed by atoms with Crippen molar-refractivity contribution in [3.8, 4) is 23.2 Å². The van der Waals surface area contributed by atoms with Gasteiger partial charge in [-0.2, -0.15) is 5.26 Å². The van der Waals surface area contributed by atoms with Crippen molar-refractivity contribution < 1.29 is 21.9 Å². The molecule has 1 aliphatic rings. The largest absolute Gasteiger partial charge is 0.480 e. The molecule has 0 amide bonds. The number of pyridine rings is 1. The van der Waals surface area contributed by atoms with Crippen LogP contribution in [0.25, 0.3) is 16.8 Å². The van der Waals surface area contributed by atoms with E-state index in [2.05, 4.69) is 30.3 Å². The predicted octanol–water partition coefficient (Wildman–Crippen LogP) is 4.72. The first-order valence-corrected chi connectivity index (χ1v) is 12.8. The molecule has 3 heterocycles. The number of halogens is 2. The molecular weight excluding hydrogens is 528 g/mol. The number of hydrogen-bond donors (Lipinski definition) is 3. The summed E-state index contributed by atoms with van der Waals surface area (Å²) < 4.78 is 63.3. The Kier molecular flexibility index (Phi) is 6.55. The second-order valence-electron chi connectivity index (χ2n) is 8.32. The van der Waals surface area contributed by atoms with Crippen molar-refractivity contribution in [3.05, 3.63) is 89.8 Å². The minimum atomic E-state index is -4.48. The SMILES string of the molecule is COc1ncc(C#N)cc1S(=O)(=O)Nc1ccc(F)c(-c2cnc(C(C)=C3Nc4ccccc4N3)cn2)c1F. The number of nitrogens with one attached hydrogen (secondary N) is 3. The lowest BCUT2D eigenvalue weighted by Crippen LogP contribution is -2.16. The zero-order valence-corrected chi connectivity index (χ0v) is 21.3. The Hall–Kier alpha value is -5.09. The standard InChI is InChI=1S/C26H19F2N7O3S/c1-14(25-33-17-5-3-4-6-18(17)34-25)20-12-31-21(13-30-20)23-16(27)7-8-19(24(23)28)35-39(36,37)22-9-15(10-29)11-32-26(22)38-2/h3-9,11-13,33-35H,1-2H3. The van der Waals surface area contributed by atoms with Crippen molar-refractivity contribution in [2.45, 2.75) is 11.8 Å². The number of nitrogens with zero attached hydrogens (tertiary/aromatic N) is 4. The molecule has 4 aromatic rings. The summed E-state index contributed by atoms with van der Waals surface area (Å²) in [5.74, 6) is -1.77. The van der Waals surface area contributed by atoms with Gasteiger partial charge < -0.3 is 15.4 Å². The van der Waals surface area contributed by atoms with E-state index >= 15 is 4.39 Å². The van der Waals surface area contributed by atoms with Crippen LogP contribution in [0.15, 0.2) is 71.8 Å². The highest BCUT2D eigenvalue weighted by Crippen LogP contribution is 2.34. The molecular formula is C26H19F2N7O3S. The Labute approximate surface area is 222 Å². The third-order valence-electron chi connectivity index (χ3n) is 5.88. The smallest absolute Gasteiger partial charge is 0.267 e. The molecule has 39 heavy (non-hydrogen) atoms. The number of nitriles is 1. The van der Waals surface area contributed by atoms with Crippen LogP contribution in [0.3, 0.4) is 0 Å². The quantitative estimate of drug-likeness (QED) is 0.312. The van der Waals surface area contributed by atoms with Gasteiger partial charge in [-0.05, 0) is 37.3 Å². The van der Waals surface area contributed by atoms with Gasteiger partial charge in [-0.15, -0.1) is 0 Å². The number of methoxy groups -OCH3 is 1.